The first kappa shape index (κ1) is 20.4. The molecular formula is C15H22IN5O2S. The van der Waals surface area contributed by atoms with E-state index in [1.807, 2.05) is 13.1 Å². The number of nitrogens with one attached hydrogen (secondary N) is 2. The molecule has 132 valence electrons. The average molecular weight is 463 g/mol. The van der Waals surface area contributed by atoms with Gasteiger partial charge in [0.25, 0.3) is 0 Å². The van der Waals surface area contributed by atoms with Crippen LogP contribution in [0, 0.1) is 0 Å². The molecule has 1 heterocycles. The van der Waals surface area contributed by atoms with Gasteiger partial charge >= 0.3 is 0 Å². The van der Waals surface area contributed by atoms with Gasteiger partial charge in [-0.25, -0.2) is 8.42 Å². The number of hydrogen-bond donors (Lipinski definition) is 2. The van der Waals surface area contributed by atoms with Crippen LogP contribution < -0.4 is 10.6 Å². The van der Waals surface area contributed by atoms with Crippen LogP contribution >= 0.6 is 24.0 Å². The zero-order valence-corrected chi connectivity index (χ0v) is 16.8. The Morgan fingerprint density at radius 3 is 2.50 bits per heavy atom. The van der Waals surface area contributed by atoms with E-state index in [1.165, 1.54) is 0 Å². The third kappa shape index (κ3) is 5.78. The molecule has 0 atom stereocenters. The molecule has 0 spiro atoms. The minimum atomic E-state index is -3.29. The van der Waals surface area contributed by atoms with Crippen LogP contribution in [-0.2, 0) is 23.4 Å². The minimum absolute atomic E-state index is 0. The minimum Gasteiger partial charge on any atom is -0.355 e. The van der Waals surface area contributed by atoms with E-state index in [1.54, 1.807) is 48.3 Å². The Morgan fingerprint density at radius 1 is 1.21 bits per heavy atom. The molecule has 0 unspecified atom stereocenters. The number of benzene rings is 1. The molecule has 0 radical (unpaired) electrons. The Hall–Kier alpha value is -1.62. The maximum atomic E-state index is 12.2. The molecule has 0 bridgehead atoms. The highest BCUT2D eigenvalue weighted by atomic mass is 127. The second-order valence-corrected chi connectivity index (χ2v) is 7.04. The van der Waals surface area contributed by atoms with Gasteiger partial charge in [0.15, 0.2) is 15.8 Å². The first-order chi connectivity index (χ1) is 11.0. The summed E-state index contributed by atoms with van der Waals surface area (Å²) < 4.78 is 26.1. The summed E-state index contributed by atoms with van der Waals surface area (Å²) in [7, 11) is 0.215. The Labute approximate surface area is 159 Å². The van der Waals surface area contributed by atoms with Crippen LogP contribution in [0.5, 0.6) is 0 Å². The van der Waals surface area contributed by atoms with Gasteiger partial charge in [-0.15, -0.1) is 24.0 Å². The smallest absolute Gasteiger partial charge is 0.191 e. The molecule has 0 saturated heterocycles. The van der Waals surface area contributed by atoms with Crippen molar-refractivity contribution < 1.29 is 8.42 Å². The van der Waals surface area contributed by atoms with E-state index in [0.717, 1.165) is 5.69 Å². The van der Waals surface area contributed by atoms with Crippen LogP contribution in [0.15, 0.2) is 52.5 Å². The van der Waals surface area contributed by atoms with Gasteiger partial charge in [0.05, 0.1) is 22.9 Å². The first-order valence-electron chi connectivity index (χ1n) is 7.22. The maximum Gasteiger partial charge on any atom is 0.191 e. The van der Waals surface area contributed by atoms with Gasteiger partial charge in [-0.3, -0.25) is 9.67 Å². The largest absolute Gasteiger partial charge is 0.355 e. The summed E-state index contributed by atoms with van der Waals surface area (Å²) in [5.41, 5.74) is 1.00. The molecular weight excluding hydrogens is 441 g/mol. The molecule has 7 nitrogen and oxygen atoms in total. The number of aromatic nitrogens is 2. The number of sulfone groups is 1. The van der Waals surface area contributed by atoms with Crippen molar-refractivity contribution >= 4 is 39.8 Å². The van der Waals surface area contributed by atoms with Crippen molar-refractivity contribution in [2.75, 3.05) is 19.3 Å². The van der Waals surface area contributed by atoms with E-state index < -0.39 is 9.84 Å². The molecule has 24 heavy (non-hydrogen) atoms. The highest BCUT2D eigenvalue weighted by molar-refractivity contribution is 14.0. The van der Waals surface area contributed by atoms with E-state index in [4.69, 9.17) is 0 Å². The van der Waals surface area contributed by atoms with Crippen LogP contribution in [-0.4, -0.2) is 43.5 Å². The maximum absolute atomic E-state index is 12.2. The van der Waals surface area contributed by atoms with Gasteiger partial charge in [0.1, 0.15) is 0 Å². The lowest BCUT2D eigenvalue weighted by molar-refractivity contribution is 0.594. The number of hydrogen-bond acceptors (Lipinski definition) is 4. The van der Waals surface area contributed by atoms with E-state index in [9.17, 15) is 8.42 Å². The highest BCUT2D eigenvalue weighted by Gasteiger charge is 2.13. The number of aliphatic imine (C=N–C) groups is 1. The standard InChI is InChI=1S/C15H21N5O2S.HI/c1-16-15(18-12-13-8-9-19-20(13)2)17-10-11-23(21,22)14-6-4-3-5-7-14;/h3-9H,10-12H2,1-2H3,(H2,16,17,18);1H. The molecule has 1 aromatic carbocycles. The van der Waals surface area contributed by atoms with Gasteiger partial charge in [-0.05, 0) is 18.2 Å². The molecule has 0 amide bonds. The first-order valence-corrected chi connectivity index (χ1v) is 8.87. The summed E-state index contributed by atoms with van der Waals surface area (Å²) >= 11 is 0. The molecule has 2 aromatic rings. The Morgan fingerprint density at radius 2 is 1.92 bits per heavy atom. The lowest BCUT2D eigenvalue weighted by Gasteiger charge is -2.12. The molecule has 2 rings (SSSR count). The monoisotopic (exact) mass is 463 g/mol. The number of guanidine groups is 1. The van der Waals surface area contributed by atoms with Gasteiger partial charge in [-0.1, -0.05) is 18.2 Å². The average Bonchev–Trinajstić information content (AvgIpc) is 2.96. The second kappa shape index (κ2) is 9.62. The summed E-state index contributed by atoms with van der Waals surface area (Å²) in [6.45, 7) is 0.837. The topological polar surface area (TPSA) is 88.4 Å². The zero-order valence-electron chi connectivity index (χ0n) is 13.6. The van der Waals surface area contributed by atoms with Gasteiger partial charge in [0.2, 0.25) is 0 Å². The number of halogens is 1. The normalized spacial score (nSPS) is 11.7. The summed E-state index contributed by atoms with van der Waals surface area (Å²) in [5.74, 6) is 0.554. The van der Waals surface area contributed by atoms with Gasteiger partial charge in [-0.2, -0.15) is 5.10 Å². The molecule has 9 heteroatoms. The third-order valence-electron chi connectivity index (χ3n) is 3.35. The second-order valence-electron chi connectivity index (χ2n) is 4.93. The van der Waals surface area contributed by atoms with E-state index in [-0.39, 0.29) is 36.3 Å². The summed E-state index contributed by atoms with van der Waals surface area (Å²) in [5, 5.41) is 10.2. The third-order valence-corrected chi connectivity index (χ3v) is 5.08. The predicted octanol–water partition coefficient (Wildman–Crippen LogP) is 1.18. The highest BCUT2D eigenvalue weighted by Crippen LogP contribution is 2.09. The molecule has 0 saturated carbocycles. The predicted molar refractivity (Wildman–Crippen MR) is 105 cm³/mol. The van der Waals surface area contributed by atoms with Crippen LogP contribution in [0.3, 0.4) is 0 Å². The van der Waals surface area contributed by atoms with Crippen LogP contribution in [0.2, 0.25) is 0 Å². The number of aryl methyl sites for hydroxylation is 1. The summed E-state index contributed by atoms with van der Waals surface area (Å²) in [6.07, 6.45) is 1.72. The van der Waals surface area contributed by atoms with Crippen molar-refractivity contribution in [1.82, 2.24) is 20.4 Å². The number of rotatable bonds is 6. The SMILES string of the molecule is CN=C(NCCS(=O)(=O)c1ccccc1)NCc1ccnn1C.I. The van der Waals surface area contributed by atoms with E-state index in [2.05, 4.69) is 20.7 Å². The summed E-state index contributed by atoms with van der Waals surface area (Å²) in [6, 6.07) is 10.3. The molecule has 2 N–H and O–H groups in total. The van der Waals surface area contributed by atoms with Crippen LogP contribution in [0.4, 0.5) is 0 Å². The molecule has 0 aliphatic rings. The zero-order chi connectivity index (χ0) is 16.7. The van der Waals surface area contributed by atoms with Crippen LogP contribution in [0.1, 0.15) is 5.69 Å². The van der Waals surface area contributed by atoms with Crippen LogP contribution in [0.25, 0.3) is 0 Å². The van der Waals surface area contributed by atoms with E-state index in [0.29, 0.717) is 17.4 Å². The number of nitrogens with zero attached hydrogens (tertiary/aromatic N) is 3. The quantitative estimate of drug-likeness (QED) is 0.382. The van der Waals surface area contributed by atoms with E-state index >= 15 is 0 Å². The van der Waals surface area contributed by atoms with Gasteiger partial charge < -0.3 is 10.6 Å². The molecule has 0 aliphatic heterocycles. The Kier molecular flexibility index (Phi) is 8.19. The van der Waals surface area contributed by atoms with Crippen molar-refractivity contribution in [3.05, 3.63) is 48.3 Å². The lowest BCUT2D eigenvalue weighted by Crippen LogP contribution is -2.39. The van der Waals surface area contributed by atoms with Crippen molar-refractivity contribution in [3.63, 3.8) is 0 Å². The van der Waals surface area contributed by atoms with Crippen molar-refractivity contribution in [1.29, 1.82) is 0 Å². The van der Waals surface area contributed by atoms with Crippen molar-refractivity contribution in [2.24, 2.45) is 12.0 Å². The van der Waals surface area contributed by atoms with Crippen molar-refractivity contribution in [2.45, 2.75) is 11.4 Å². The van der Waals surface area contributed by atoms with Crippen molar-refractivity contribution in [3.8, 4) is 0 Å². The molecule has 1 aromatic heterocycles. The fourth-order valence-corrected chi connectivity index (χ4v) is 3.20. The fourth-order valence-electron chi connectivity index (χ4n) is 2.02. The Balaban J connectivity index is 0.00000288. The van der Waals surface area contributed by atoms with Gasteiger partial charge in [0, 0.05) is 26.8 Å². The summed E-state index contributed by atoms with van der Waals surface area (Å²) in [4.78, 5) is 4.41. The molecule has 0 aliphatic carbocycles. The lowest BCUT2D eigenvalue weighted by atomic mass is 10.4. The fraction of sp³-hybridized carbons (Fsp3) is 0.333. The molecule has 0 fully saturated rings. The Bertz CT molecular complexity index is 759.